The molecule has 0 bridgehead atoms. The fraction of sp³-hybridized carbons (Fsp3) is 0.571. The monoisotopic (exact) mass is 245 g/mol. The Kier molecular flexibility index (Phi) is 2.36. The molecular weight excluding hydrogens is 225 g/mol. The molecule has 0 spiro atoms. The first-order valence-corrected chi connectivity index (χ1v) is 6.50. The molecule has 0 amide bonds. The summed E-state index contributed by atoms with van der Waals surface area (Å²) in [7, 11) is 1.86. The van der Waals surface area contributed by atoms with Crippen molar-refractivity contribution in [2.75, 3.05) is 11.9 Å². The van der Waals surface area contributed by atoms with Gasteiger partial charge in [-0.05, 0) is 44.8 Å². The Bertz CT molecular complexity index is 483. The summed E-state index contributed by atoms with van der Waals surface area (Å²) in [5.74, 6) is 0. The van der Waals surface area contributed by atoms with Gasteiger partial charge in [0.1, 0.15) is 0 Å². The van der Waals surface area contributed by atoms with Gasteiger partial charge >= 0.3 is 7.12 Å². The van der Waals surface area contributed by atoms with Crippen molar-refractivity contribution >= 4 is 18.3 Å². The largest absolute Gasteiger partial charge is 0.494 e. The van der Waals surface area contributed by atoms with Crippen LogP contribution in [-0.2, 0) is 15.9 Å². The Hall–Kier alpha value is -0.995. The zero-order valence-electron chi connectivity index (χ0n) is 11.8. The summed E-state index contributed by atoms with van der Waals surface area (Å²) < 4.78 is 12.1. The third-order valence-electron chi connectivity index (χ3n) is 4.45. The summed E-state index contributed by atoms with van der Waals surface area (Å²) in [6.45, 7) is 9.36. The summed E-state index contributed by atoms with van der Waals surface area (Å²) in [5, 5.41) is 0. The zero-order chi connectivity index (χ0) is 13.1. The molecule has 1 aromatic rings. The number of benzene rings is 1. The van der Waals surface area contributed by atoms with Crippen molar-refractivity contribution in [3.63, 3.8) is 0 Å². The fourth-order valence-electron chi connectivity index (χ4n) is 2.48. The molecule has 1 aromatic carbocycles. The van der Waals surface area contributed by atoms with Gasteiger partial charge in [0.2, 0.25) is 0 Å². The first-order valence-electron chi connectivity index (χ1n) is 6.50. The highest BCUT2D eigenvalue weighted by Gasteiger charge is 2.51. The first kappa shape index (κ1) is 12.1. The van der Waals surface area contributed by atoms with Gasteiger partial charge in [-0.25, -0.2) is 0 Å². The van der Waals surface area contributed by atoms with Crippen molar-refractivity contribution in [1.29, 1.82) is 0 Å². The quantitative estimate of drug-likeness (QED) is 0.706. The highest BCUT2D eigenvalue weighted by Crippen LogP contribution is 2.37. The molecule has 0 aliphatic carbocycles. The second-order valence-electron chi connectivity index (χ2n) is 6.33. The number of anilines is 1. The van der Waals surface area contributed by atoms with E-state index in [1.54, 1.807) is 0 Å². The molecule has 3 rings (SSSR count). The number of rotatable bonds is 1. The van der Waals surface area contributed by atoms with E-state index in [0.29, 0.717) is 0 Å². The van der Waals surface area contributed by atoms with E-state index in [9.17, 15) is 0 Å². The summed E-state index contributed by atoms with van der Waals surface area (Å²) >= 11 is 0. The van der Waals surface area contributed by atoms with Gasteiger partial charge in [0.25, 0.3) is 0 Å². The number of nitrogens with zero attached hydrogens (tertiary/aromatic N) is 1. The predicted octanol–water partition coefficient (Wildman–Crippen LogP) is 1.94. The Labute approximate surface area is 109 Å². The van der Waals surface area contributed by atoms with Crippen LogP contribution in [0.15, 0.2) is 18.2 Å². The topological polar surface area (TPSA) is 21.7 Å². The molecule has 0 atom stereocenters. The van der Waals surface area contributed by atoms with Gasteiger partial charge in [-0.3, -0.25) is 0 Å². The number of fused-ring (bicyclic) bond motifs is 1. The van der Waals surface area contributed by atoms with Crippen molar-refractivity contribution in [1.82, 2.24) is 0 Å². The Morgan fingerprint density at radius 2 is 1.72 bits per heavy atom. The average molecular weight is 245 g/mol. The Morgan fingerprint density at radius 1 is 1.11 bits per heavy atom. The van der Waals surface area contributed by atoms with Gasteiger partial charge in [0.05, 0.1) is 11.2 Å². The van der Waals surface area contributed by atoms with Crippen LogP contribution in [0.25, 0.3) is 0 Å². The van der Waals surface area contributed by atoms with E-state index in [2.05, 4.69) is 57.8 Å². The Balaban J connectivity index is 1.87. The van der Waals surface area contributed by atoms with Crippen LogP contribution in [0, 0.1) is 0 Å². The molecule has 96 valence electrons. The minimum Gasteiger partial charge on any atom is -0.399 e. The van der Waals surface area contributed by atoms with Crippen molar-refractivity contribution in [2.24, 2.45) is 0 Å². The summed E-state index contributed by atoms with van der Waals surface area (Å²) in [5.41, 5.74) is 3.29. The summed E-state index contributed by atoms with van der Waals surface area (Å²) in [6, 6.07) is 6.47. The predicted molar refractivity (Wildman–Crippen MR) is 74.3 cm³/mol. The van der Waals surface area contributed by atoms with Crippen LogP contribution >= 0.6 is 0 Å². The number of hydrogen-bond acceptors (Lipinski definition) is 3. The lowest BCUT2D eigenvalue weighted by Crippen LogP contribution is -2.41. The van der Waals surface area contributed by atoms with Gasteiger partial charge in [-0.1, -0.05) is 12.1 Å². The molecular formula is C14H20BNO2. The molecule has 2 aliphatic heterocycles. The Morgan fingerprint density at radius 3 is 2.22 bits per heavy atom. The second-order valence-corrected chi connectivity index (χ2v) is 6.33. The standard InChI is InChI=1S/C14H20BNO2/c1-13(2)14(3,4)18-15(17-13)11-6-7-12-10(8-11)9-16(12)5/h6-8H,9H2,1-5H3. The van der Waals surface area contributed by atoms with E-state index in [0.717, 1.165) is 12.0 Å². The maximum Gasteiger partial charge on any atom is 0.494 e. The van der Waals surface area contributed by atoms with Gasteiger partial charge in [0.15, 0.2) is 0 Å². The maximum absolute atomic E-state index is 6.06. The van der Waals surface area contributed by atoms with Gasteiger partial charge < -0.3 is 14.2 Å². The van der Waals surface area contributed by atoms with E-state index in [1.165, 1.54) is 11.3 Å². The molecule has 0 radical (unpaired) electrons. The highest BCUT2D eigenvalue weighted by atomic mass is 16.7. The van der Waals surface area contributed by atoms with E-state index in [1.807, 2.05) is 0 Å². The molecule has 2 aliphatic rings. The van der Waals surface area contributed by atoms with Crippen LogP contribution in [0.2, 0.25) is 0 Å². The van der Waals surface area contributed by atoms with E-state index < -0.39 is 0 Å². The van der Waals surface area contributed by atoms with Crippen molar-refractivity contribution in [3.05, 3.63) is 23.8 Å². The van der Waals surface area contributed by atoms with Crippen LogP contribution in [0.1, 0.15) is 33.3 Å². The van der Waals surface area contributed by atoms with Crippen LogP contribution < -0.4 is 10.4 Å². The lowest BCUT2D eigenvalue weighted by Gasteiger charge is -2.33. The molecule has 4 heteroatoms. The van der Waals surface area contributed by atoms with Crippen LogP contribution in [0.4, 0.5) is 5.69 Å². The van der Waals surface area contributed by atoms with Crippen molar-refractivity contribution in [3.8, 4) is 0 Å². The normalized spacial score (nSPS) is 23.8. The van der Waals surface area contributed by atoms with Crippen LogP contribution in [-0.4, -0.2) is 25.4 Å². The average Bonchev–Trinajstić information content (AvgIpc) is 2.46. The first-order chi connectivity index (χ1) is 8.30. The third-order valence-corrected chi connectivity index (χ3v) is 4.45. The minimum absolute atomic E-state index is 0.244. The second kappa shape index (κ2) is 3.52. The van der Waals surface area contributed by atoms with E-state index in [-0.39, 0.29) is 18.3 Å². The molecule has 0 N–H and O–H groups in total. The van der Waals surface area contributed by atoms with E-state index in [4.69, 9.17) is 9.31 Å². The van der Waals surface area contributed by atoms with Crippen molar-refractivity contribution in [2.45, 2.75) is 45.4 Å². The molecule has 1 saturated heterocycles. The van der Waals surface area contributed by atoms with Crippen LogP contribution in [0.5, 0.6) is 0 Å². The smallest absolute Gasteiger partial charge is 0.399 e. The lowest BCUT2D eigenvalue weighted by molar-refractivity contribution is 0.00578. The van der Waals surface area contributed by atoms with Gasteiger partial charge in [-0.15, -0.1) is 0 Å². The molecule has 18 heavy (non-hydrogen) atoms. The fourth-order valence-corrected chi connectivity index (χ4v) is 2.48. The highest BCUT2D eigenvalue weighted by molar-refractivity contribution is 6.62. The SMILES string of the molecule is CN1Cc2cc(B3OC(C)(C)C(C)(C)O3)ccc21. The summed E-state index contributed by atoms with van der Waals surface area (Å²) in [6.07, 6.45) is 0. The van der Waals surface area contributed by atoms with E-state index >= 15 is 0 Å². The minimum atomic E-state index is -0.266. The molecule has 0 saturated carbocycles. The van der Waals surface area contributed by atoms with Gasteiger partial charge in [0, 0.05) is 19.3 Å². The molecule has 0 aromatic heterocycles. The third kappa shape index (κ3) is 1.59. The molecule has 0 unspecified atom stereocenters. The molecule has 3 nitrogen and oxygen atoms in total. The molecule has 2 heterocycles. The van der Waals surface area contributed by atoms with Crippen LogP contribution in [0.3, 0.4) is 0 Å². The molecule has 1 fully saturated rings. The lowest BCUT2D eigenvalue weighted by atomic mass is 9.77. The number of hydrogen-bond donors (Lipinski definition) is 0. The van der Waals surface area contributed by atoms with Crippen molar-refractivity contribution < 1.29 is 9.31 Å². The maximum atomic E-state index is 6.06. The summed E-state index contributed by atoms with van der Waals surface area (Å²) in [4.78, 5) is 2.24. The zero-order valence-corrected chi connectivity index (χ0v) is 11.8. The van der Waals surface area contributed by atoms with Gasteiger partial charge in [-0.2, -0.15) is 0 Å².